The monoisotopic (exact) mass is 193 g/mol. The molecule has 1 aliphatic rings. The standard InChI is InChI=1S/C11H19N3/c1-3-4-9-10(13-14-11(9)12)7(2)8-5-6-8/h7-8H,3-6H2,1-2H3,(H3,12,13,14). The minimum absolute atomic E-state index is 0.612. The third-order valence-corrected chi connectivity index (χ3v) is 3.22. The van der Waals surface area contributed by atoms with Gasteiger partial charge in [-0.3, -0.25) is 5.10 Å². The third kappa shape index (κ3) is 1.63. The van der Waals surface area contributed by atoms with Gasteiger partial charge in [-0.1, -0.05) is 20.3 Å². The number of nitrogens with two attached hydrogens (primary N) is 1. The smallest absolute Gasteiger partial charge is 0.148 e. The summed E-state index contributed by atoms with van der Waals surface area (Å²) in [5, 5.41) is 7.22. The average Bonchev–Trinajstić information content (AvgIpc) is 2.94. The van der Waals surface area contributed by atoms with E-state index in [0.717, 1.165) is 18.8 Å². The van der Waals surface area contributed by atoms with Crippen LogP contribution in [0.25, 0.3) is 0 Å². The van der Waals surface area contributed by atoms with Gasteiger partial charge in [-0.2, -0.15) is 5.10 Å². The van der Waals surface area contributed by atoms with Crippen LogP contribution >= 0.6 is 0 Å². The van der Waals surface area contributed by atoms with Crippen LogP contribution in [0.5, 0.6) is 0 Å². The van der Waals surface area contributed by atoms with Gasteiger partial charge < -0.3 is 5.73 Å². The summed E-state index contributed by atoms with van der Waals surface area (Å²) in [7, 11) is 0. The fourth-order valence-corrected chi connectivity index (χ4v) is 2.11. The van der Waals surface area contributed by atoms with Crippen LogP contribution in [0.1, 0.15) is 50.3 Å². The van der Waals surface area contributed by atoms with Crippen LogP contribution in [0.2, 0.25) is 0 Å². The van der Waals surface area contributed by atoms with Crippen molar-refractivity contribution in [2.75, 3.05) is 5.73 Å². The van der Waals surface area contributed by atoms with Gasteiger partial charge in [-0.15, -0.1) is 0 Å². The van der Waals surface area contributed by atoms with E-state index >= 15 is 0 Å². The Kier molecular flexibility index (Phi) is 2.48. The average molecular weight is 193 g/mol. The lowest BCUT2D eigenvalue weighted by Gasteiger charge is -2.10. The first kappa shape index (κ1) is 9.56. The Morgan fingerprint density at radius 1 is 1.57 bits per heavy atom. The van der Waals surface area contributed by atoms with E-state index in [1.165, 1.54) is 24.1 Å². The maximum absolute atomic E-state index is 5.84. The number of rotatable bonds is 4. The summed E-state index contributed by atoms with van der Waals surface area (Å²) in [4.78, 5) is 0. The van der Waals surface area contributed by atoms with Crippen LogP contribution in [0.3, 0.4) is 0 Å². The molecule has 0 aromatic carbocycles. The Hall–Kier alpha value is -0.990. The van der Waals surface area contributed by atoms with Crippen molar-refractivity contribution in [3.8, 4) is 0 Å². The number of nitrogens with zero attached hydrogens (tertiary/aromatic N) is 1. The normalized spacial score (nSPS) is 18.4. The van der Waals surface area contributed by atoms with Crippen LogP contribution < -0.4 is 5.73 Å². The number of nitrogen functional groups attached to an aromatic ring is 1. The lowest BCUT2D eigenvalue weighted by molar-refractivity contribution is 0.633. The predicted octanol–water partition coefficient (Wildman–Crippen LogP) is 2.46. The quantitative estimate of drug-likeness (QED) is 0.771. The molecule has 78 valence electrons. The lowest BCUT2D eigenvalue weighted by Crippen LogP contribution is -2.01. The molecule has 2 rings (SSSR count). The van der Waals surface area contributed by atoms with Crippen molar-refractivity contribution in [3.05, 3.63) is 11.3 Å². The van der Waals surface area contributed by atoms with Gasteiger partial charge in [0.2, 0.25) is 0 Å². The predicted molar refractivity (Wildman–Crippen MR) is 58.1 cm³/mol. The zero-order valence-electron chi connectivity index (χ0n) is 9.01. The molecule has 1 atom stereocenters. The summed E-state index contributed by atoms with van der Waals surface area (Å²) in [5.74, 6) is 2.18. The molecule has 0 spiro atoms. The molecule has 1 heterocycles. The van der Waals surface area contributed by atoms with Gasteiger partial charge in [0, 0.05) is 17.2 Å². The summed E-state index contributed by atoms with van der Waals surface area (Å²) in [6.07, 6.45) is 4.92. The summed E-state index contributed by atoms with van der Waals surface area (Å²) in [5.41, 5.74) is 8.38. The van der Waals surface area contributed by atoms with Crippen LogP contribution in [0.4, 0.5) is 5.82 Å². The molecule has 3 heteroatoms. The maximum atomic E-state index is 5.84. The zero-order valence-corrected chi connectivity index (χ0v) is 9.01. The van der Waals surface area contributed by atoms with E-state index in [1.54, 1.807) is 0 Å². The molecule has 3 N–H and O–H groups in total. The molecule has 14 heavy (non-hydrogen) atoms. The number of nitrogens with one attached hydrogen (secondary N) is 1. The molecule has 3 nitrogen and oxygen atoms in total. The van der Waals surface area contributed by atoms with Crippen LogP contribution in [0, 0.1) is 5.92 Å². The summed E-state index contributed by atoms with van der Waals surface area (Å²) in [6.45, 7) is 4.46. The Labute approximate surface area is 85.1 Å². The maximum Gasteiger partial charge on any atom is 0.148 e. The highest BCUT2D eigenvalue weighted by atomic mass is 15.2. The van der Waals surface area contributed by atoms with E-state index < -0.39 is 0 Å². The fraction of sp³-hybridized carbons (Fsp3) is 0.727. The van der Waals surface area contributed by atoms with Crippen molar-refractivity contribution >= 4 is 5.82 Å². The Balaban J connectivity index is 2.22. The molecule has 0 bridgehead atoms. The second-order valence-electron chi connectivity index (χ2n) is 4.38. The molecule has 0 amide bonds. The molecule has 1 unspecified atom stereocenters. The first-order chi connectivity index (χ1) is 6.74. The van der Waals surface area contributed by atoms with Gasteiger partial charge in [0.15, 0.2) is 0 Å². The summed E-state index contributed by atoms with van der Waals surface area (Å²) in [6, 6.07) is 0. The highest BCUT2D eigenvalue weighted by molar-refractivity contribution is 5.43. The van der Waals surface area contributed by atoms with E-state index in [1.807, 2.05) is 0 Å². The molecule has 1 fully saturated rings. The number of aromatic nitrogens is 2. The third-order valence-electron chi connectivity index (χ3n) is 3.22. The van der Waals surface area contributed by atoms with E-state index in [2.05, 4.69) is 24.0 Å². The van der Waals surface area contributed by atoms with Crippen molar-refractivity contribution in [1.29, 1.82) is 0 Å². The van der Waals surface area contributed by atoms with Gasteiger partial charge >= 0.3 is 0 Å². The molecule has 0 saturated heterocycles. The van der Waals surface area contributed by atoms with Gasteiger partial charge in [0.1, 0.15) is 5.82 Å². The second kappa shape index (κ2) is 3.64. The largest absolute Gasteiger partial charge is 0.382 e. The molecular formula is C11H19N3. The summed E-state index contributed by atoms with van der Waals surface area (Å²) >= 11 is 0. The Morgan fingerprint density at radius 3 is 2.86 bits per heavy atom. The van der Waals surface area contributed by atoms with Crippen molar-refractivity contribution in [2.24, 2.45) is 5.92 Å². The van der Waals surface area contributed by atoms with Crippen molar-refractivity contribution < 1.29 is 0 Å². The highest BCUT2D eigenvalue weighted by Gasteiger charge is 2.31. The van der Waals surface area contributed by atoms with Gasteiger partial charge in [-0.25, -0.2) is 0 Å². The zero-order chi connectivity index (χ0) is 10.1. The van der Waals surface area contributed by atoms with E-state index in [0.29, 0.717) is 11.7 Å². The highest BCUT2D eigenvalue weighted by Crippen LogP contribution is 2.43. The molecule has 0 aliphatic heterocycles. The molecular weight excluding hydrogens is 174 g/mol. The van der Waals surface area contributed by atoms with E-state index in [9.17, 15) is 0 Å². The number of hydrogen-bond acceptors (Lipinski definition) is 2. The molecule has 1 aromatic heterocycles. The van der Waals surface area contributed by atoms with Crippen molar-refractivity contribution in [1.82, 2.24) is 10.2 Å². The SMILES string of the molecule is CCCc1c(N)n[nH]c1C(C)C1CC1. The molecule has 1 aliphatic carbocycles. The molecule has 1 aromatic rings. The van der Waals surface area contributed by atoms with Crippen molar-refractivity contribution in [3.63, 3.8) is 0 Å². The van der Waals surface area contributed by atoms with Gasteiger partial charge in [-0.05, 0) is 25.2 Å². The number of aromatic amines is 1. The fourth-order valence-electron chi connectivity index (χ4n) is 2.11. The van der Waals surface area contributed by atoms with E-state index in [-0.39, 0.29) is 0 Å². The van der Waals surface area contributed by atoms with E-state index in [4.69, 9.17) is 5.73 Å². The topological polar surface area (TPSA) is 54.7 Å². The van der Waals surface area contributed by atoms with Crippen LogP contribution in [-0.4, -0.2) is 10.2 Å². The number of hydrogen-bond donors (Lipinski definition) is 2. The minimum Gasteiger partial charge on any atom is -0.382 e. The first-order valence-corrected chi connectivity index (χ1v) is 5.56. The van der Waals surface area contributed by atoms with Gasteiger partial charge in [0.25, 0.3) is 0 Å². The van der Waals surface area contributed by atoms with Crippen LogP contribution in [-0.2, 0) is 6.42 Å². The molecule has 1 saturated carbocycles. The Bertz CT molecular complexity index is 312. The molecule has 0 radical (unpaired) electrons. The van der Waals surface area contributed by atoms with Gasteiger partial charge in [0.05, 0.1) is 0 Å². The second-order valence-corrected chi connectivity index (χ2v) is 4.38. The number of H-pyrrole nitrogens is 1. The van der Waals surface area contributed by atoms with Crippen LogP contribution in [0.15, 0.2) is 0 Å². The first-order valence-electron chi connectivity index (χ1n) is 5.56. The number of anilines is 1. The summed E-state index contributed by atoms with van der Waals surface area (Å²) < 4.78 is 0. The lowest BCUT2D eigenvalue weighted by atomic mass is 9.96. The minimum atomic E-state index is 0.612. The van der Waals surface area contributed by atoms with Crippen molar-refractivity contribution in [2.45, 2.75) is 45.4 Å². The Morgan fingerprint density at radius 2 is 2.29 bits per heavy atom.